The number of carbonyl (C=O) groups excluding carboxylic acids is 3. The summed E-state index contributed by atoms with van der Waals surface area (Å²) < 4.78 is 5.51. The van der Waals surface area contributed by atoms with Crippen molar-refractivity contribution >= 4 is 40.8 Å². The van der Waals surface area contributed by atoms with E-state index in [0.717, 1.165) is 10.5 Å². The van der Waals surface area contributed by atoms with E-state index in [1.807, 2.05) is 36.4 Å². The molecule has 8 heteroatoms. The first-order valence-electron chi connectivity index (χ1n) is 12.0. The number of hydrogen-bond donors (Lipinski definition) is 0. The highest BCUT2D eigenvalue weighted by molar-refractivity contribution is 6.31. The number of anilines is 2. The van der Waals surface area contributed by atoms with Crippen molar-refractivity contribution in [1.82, 2.24) is 0 Å². The molecule has 0 saturated carbocycles. The first kappa shape index (κ1) is 23.9. The summed E-state index contributed by atoms with van der Waals surface area (Å²) in [5, 5.41) is 2.04. The molecule has 0 aromatic heterocycles. The largest absolute Gasteiger partial charge is 0.423 e. The quantitative estimate of drug-likeness (QED) is 0.192. The van der Waals surface area contributed by atoms with Crippen molar-refractivity contribution in [2.45, 2.75) is 12.1 Å². The van der Waals surface area contributed by atoms with Gasteiger partial charge in [0.15, 0.2) is 6.10 Å². The lowest BCUT2D eigenvalue weighted by atomic mass is 9.90. The van der Waals surface area contributed by atoms with Gasteiger partial charge < -0.3 is 4.74 Å². The lowest BCUT2D eigenvalue weighted by Crippen LogP contribution is -2.37. The van der Waals surface area contributed by atoms with Crippen molar-refractivity contribution in [2.24, 2.45) is 5.92 Å². The van der Waals surface area contributed by atoms with Gasteiger partial charge in [0, 0.05) is 5.02 Å². The second kappa shape index (κ2) is 9.78. The van der Waals surface area contributed by atoms with E-state index >= 15 is 0 Å². The highest BCUT2D eigenvalue weighted by atomic mass is 35.5. The number of benzene rings is 4. The third-order valence-corrected chi connectivity index (χ3v) is 6.87. The molecular formula is C30H21ClN2O5. The van der Waals surface area contributed by atoms with Crippen LogP contribution in [0.15, 0.2) is 109 Å². The molecule has 0 radical (unpaired) electrons. The SMILES string of the molecule is O=C(Oc1ccc([C@@H]2[C@@H]3C(=O)N(c4cccc(Cl)c4)C(=O)[C@H]3ON2c2ccccc2)cc1)c1ccccc1. The molecule has 2 aliphatic heterocycles. The standard InChI is InChI=1S/C30H21ClN2O5/c31-21-10-7-13-23(18-21)32-28(34)25-26(33(38-27(25)29(32)35)22-11-5-2-6-12-22)19-14-16-24(17-15-19)37-30(36)20-8-3-1-4-9-20/h1-18,25-27H/t25-,26+,27-/m0/s1. The summed E-state index contributed by atoms with van der Waals surface area (Å²) in [5.41, 5.74) is 2.28. The Hall–Kier alpha value is -4.46. The Bertz CT molecular complexity index is 1510. The maximum absolute atomic E-state index is 13.7. The maximum atomic E-state index is 13.7. The monoisotopic (exact) mass is 524 g/mol. The summed E-state index contributed by atoms with van der Waals surface area (Å²) in [6, 6.07) is 30.9. The Labute approximate surface area is 223 Å². The normalized spacial score (nSPS) is 20.5. The van der Waals surface area contributed by atoms with Gasteiger partial charge in [-0.05, 0) is 60.2 Å². The van der Waals surface area contributed by atoms with Crippen molar-refractivity contribution < 1.29 is 24.0 Å². The van der Waals surface area contributed by atoms with E-state index in [0.29, 0.717) is 27.7 Å². The van der Waals surface area contributed by atoms with Gasteiger partial charge in [0.05, 0.1) is 23.0 Å². The first-order valence-corrected chi connectivity index (χ1v) is 12.4. The van der Waals surface area contributed by atoms with Crippen molar-refractivity contribution in [1.29, 1.82) is 0 Å². The van der Waals surface area contributed by atoms with Gasteiger partial charge in [-0.3, -0.25) is 14.4 Å². The third kappa shape index (κ3) is 4.22. The zero-order valence-electron chi connectivity index (χ0n) is 19.9. The fourth-order valence-electron chi connectivity index (χ4n) is 4.90. The summed E-state index contributed by atoms with van der Waals surface area (Å²) in [4.78, 5) is 46.9. The number of amides is 2. The molecule has 0 N–H and O–H groups in total. The van der Waals surface area contributed by atoms with Crippen LogP contribution in [0.2, 0.25) is 5.02 Å². The van der Waals surface area contributed by atoms with Crippen LogP contribution in [0.25, 0.3) is 0 Å². The highest BCUT2D eigenvalue weighted by Gasteiger charge is 2.60. The number of hydroxylamine groups is 1. The van der Waals surface area contributed by atoms with Crippen LogP contribution in [0.5, 0.6) is 5.75 Å². The van der Waals surface area contributed by atoms with Gasteiger partial charge in [-0.2, -0.15) is 0 Å². The van der Waals surface area contributed by atoms with Crippen LogP contribution in [0.1, 0.15) is 22.0 Å². The highest BCUT2D eigenvalue weighted by Crippen LogP contribution is 2.47. The smallest absolute Gasteiger partial charge is 0.343 e. The minimum absolute atomic E-state index is 0.360. The molecule has 188 valence electrons. The van der Waals surface area contributed by atoms with Crippen molar-refractivity contribution in [3.05, 3.63) is 125 Å². The molecule has 38 heavy (non-hydrogen) atoms. The topological polar surface area (TPSA) is 76.2 Å². The lowest BCUT2D eigenvalue weighted by molar-refractivity contribution is -0.126. The van der Waals surface area contributed by atoms with Crippen LogP contribution in [0.4, 0.5) is 11.4 Å². The molecule has 0 bridgehead atoms. The molecule has 7 nitrogen and oxygen atoms in total. The summed E-state index contributed by atoms with van der Waals surface area (Å²) in [6.45, 7) is 0. The van der Waals surface area contributed by atoms with Gasteiger partial charge in [-0.25, -0.2) is 14.8 Å². The second-order valence-electron chi connectivity index (χ2n) is 8.97. The van der Waals surface area contributed by atoms with E-state index < -0.39 is 29.9 Å². The molecule has 2 fully saturated rings. The number of rotatable bonds is 5. The van der Waals surface area contributed by atoms with Crippen LogP contribution in [0.3, 0.4) is 0 Å². The van der Waals surface area contributed by atoms with Gasteiger partial charge in [0.2, 0.25) is 5.91 Å². The fraction of sp³-hybridized carbons (Fsp3) is 0.100. The maximum Gasteiger partial charge on any atom is 0.343 e. The van der Waals surface area contributed by atoms with E-state index in [1.165, 1.54) is 0 Å². The van der Waals surface area contributed by atoms with E-state index in [4.69, 9.17) is 21.2 Å². The first-order chi connectivity index (χ1) is 18.5. The molecule has 4 aromatic carbocycles. The van der Waals surface area contributed by atoms with Gasteiger partial charge in [0.25, 0.3) is 5.91 Å². The number of esters is 1. The molecule has 0 unspecified atom stereocenters. The lowest BCUT2D eigenvalue weighted by Gasteiger charge is -2.28. The van der Waals surface area contributed by atoms with Crippen molar-refractivity contribution in [3.8, 4) is 5.75 Å². The number of hydrogen-bond acceptors (Lipinski definition) is 6. The molecular weight excluding hydrogens is 504 g/mol. The molecule has 0 aliphatic carbocycles. The number of carbonyl (C=O) groups is 3. The summed E-state index contributed by atoms with van der Waals surface area (Å²) in [7, 11) is 0. The summed E-state index contributed by atoms with van der Waals surface area (Å²) >= 11 is 6.13. The zero-order chi connectivity index (χ0) is 26.2. The minimum Gasteiger partial charge on any atom is -0.423 e. The Kier molecular flexibility index (Phi) is 6.15. The van der Waals surface area contributed by atoms with Gasteiger partial charge in [-0.15, -0.1) is 0 Å². The number of para-hydroxylation sites is 1. The van der Waals surface area contributed by atoms with Crippen LogP contribution in [-0.4, -0.2) is 23.9 Å². The van der Waals surface area contributed by atoms with E-state index in [-0.39, 0.29) is 5.91 Å². The van der Waals surface area contributed by atoms with E-state index in [2.05, 4.69) is 0 Å². The number of nitrogens with zero attached hydrogens (tertiary/aromatic N) is 2. The number of ether oxygens (including phenoxy) is 1. The van der Waals surface area contributed by atoms with Crippen LogP contribution >= 0.6 is 11.6 Å². The van der Waals surface area contributed by atoms with Gasteiger partial charge in [0.1, 0.15) is 11.7 Å². The Balaban J connectivity index is 1.33. The van der Waals surface area contributed by atoms with Crippen LogP contribution in [-0.2, 0) is 14.4 Å². The summed E-state index contributed by atoms with van der Waals surface area (Å²) in [6.07, 6.45) is -0.998. The minimum atomic E-state index is -0.998. The fourth-order valence-corrected chi connectivity index (χ4v) is 5.08. The number of imide groups is 1. The molecule has 3 atom stereocenters. The summed E-state index contributed by atoms with van der Waals surface area (Å²) in [5.74, 6) is -1.72. The number of fused-ring (bicyclic) bond motifs is 1. The predicted octanol–water partition coefficient (Wildman–Crippen LogP) is 5.61. The number of halogens is 1. The second-order valence-corrected chi connectivity index (χ2v) is 9.41. The Morgan fingerprint density at radius 2 is 1.42 bits per heavy atom. The molecule has 2 aliphatic rings. The Morgan fingerprint density at radius 3 is 2.11 bits per heavy atom. The van der Waals surface area contributed by atoms with Gasteiger partial charge in [-0.1, -0.05) is 66.2 Å². The van der Waals surface area contributed by atoms with Crippen LogP contribution < -0.4 is 14.7 Å². The van der Waals surface area contributed by atoms with Crippen molar-refractivity contribution in [2.75, 3.05) is 9.96 Å². The molecule has 2 amide bonds. The Morgan fingerprint density at radius 1 is 0.763 bits per heavy atom. The van der Waals surface area contributed by atoms with E-state index in [1.54, 1.807) is 77.9 Å². The predicted molar refractivity (Wildman–Crippen MR) is 142 cm³/mol. The zero-order valence-corrected chi connectivity index (χ0v) is 20.7. The molecule has 6 rings (SSSR count). The molecule has 2 saturated heterocycles. The van der Waals surface area contributed by atoms with Crippen LogP contribution in [0, 0.1) is 5.92 Å². The third-order valence-electron chi connectivity index (χ3n) is 6.63. The van der Waals surface area contributed by atoms with E-state index in [9.17, 15) is 14.4 Å². The molecule has 2 heterocycles. The van der Waals surface area contributed by atoms with Gasteiger partial charge >= 0.3 is 5.97 Å². The average Bonchev–Trinajstić information content (AvgIpc) is 3.45. The molecule has 0 spiro atoms. The van der Waals surface area contributed by atoms with Crippen molar-refractivity contribution in [3.63, 3.8) is 0 Å². The average molecular weight is 525 g/mol. The molecule has 4 aromatic rings.